The van der Waals surface area contributed by atoms with Gasteiger partial charge in [-0.3, -0.25) is 9.69 Å². The normalized spacial score (nSPS) is 14.1. The largest absolute Gasteiger partial charge is 0.468 e. The second kappa shape index (κ2) is 7.96. The lowest BCUT2D eigenvalue weighted by Gasteiger charge is -2.13. The zero-order chi connectivity index (χ0) is 19.4. The first-order valence-corrected chi connectivity index (χ1v) is 8.66. The number of ether oxygens (including phenoxy) is 1. The van der Waals surface area contributed by atoms with Gasteiger partial charge < -0.3 is 10.1 Å². The number of rotatable bonds is 6. The first-order valence-electron chi connectivity index (χ1n) is 8.66. The average Bonchev–Trinajstić information content (AvgIpc) is 3.04. The van der Waals surface area contributed by atoms with E-state index in [1.165, 1.54) is 23.9 Å². The van der Waals surface area contributed by atoms with E-state index in [2.05, 4.69) is 26.9 Å². The molecule has 1 aromatic carbocycles. The molecular weight excluding hydrogens is 359 g/mol. The fraction of sp³-hybridized carbons (Fsp3) is 0.368. The maximum Gasteiger partial charge on any atom is 0.422 e. The molecule has 0 radical (unpaired) electrons. The molecule has 0 atom stereocenters. The number of aromatic nitrogens is 1. The second-order valence-electron chi connectivity index (χ2n) is 6.39. The van der Waals surface area contributed by atoms with Gasteiger partial charge in [0.1, 0.15) is 0 Å². The van der Waals surface area contributed by atoms with Crippen molar-refractivity contribution in [2.75, 3.05) is 18.5 Å². The van der Waals surface area contributed by atoms with Gasteiger partial charge in [-0.05, 0) is 36.2 Å². The topological polar surface area (TPSA) is 54.5 Å². The van der Waals surface area contributed by atoms with Gasteiger partial charge in [-0.1, -0.05) is 19.1 Å². The van der Waals surface area contributed by atoms with Gasteiger partial charge in [0, 0.05) is 36.6 Å². The molecule has 0 unspecified atom stereocenters. The number of pyridine rings is 1. The van der Waals surface area contributed by atoms with E-state index in [0.717, 1.165) is 31.6 Å². The van der Waals surface area contributed by atoms with Gasteiger partial charge in [-0.25, -0.2) is 4.98 Å². The number of amides is 1. The van der Waals surface area contributed by atoms with Crippen LogP contribution < -0.4 is 10.1 Å². The van der Waals surface area contributed by atoms with Crippen LogP contribution >= 0.6 is 0 Å². The third kappa shape index (κ3) is 4.97. The molecule has 144 valence electrons. The Morgan fingerprint density at radius 1 is 1.30 bits per heavy atom. The molecule has 2 heterocycles. The molecule has 0 bridgehead atoms. The lowest BCUT2D eigenvalue weighted by Crippen LogP contribution is -2.20. The molecule has 27 heavy (non-hydrogen) atoms. The smallest absolute Gasteiger partial charge is 0.422 e. The molecule has 1 amide bonds. The summed E-state index contributed by atoms with van der Waals surface area (Å²) in [6.07, 6.45) is -2.17. The molecular formula is C19H20F3N3O2. The fourth-order valence-corrected chi connectivity index (χ4v) is 3.06. The number of nitrogens with zero attached hydrogens (tertiary/aromatic N) is 2. The summed E-state index contributed by atoms with van der Waals surface area (Å²) in [6.45, 7) is 3.25. The molecule has 1 N–H and O–H groups in total. The fourth-order valence-electron chi connectivity index (χ4n) is 3.06. The molecule has 0 saturated carbocycles. The van der Waals surface area contributed by atoms with Crippen LogP contribution in [-0.4, -0.2) is 35.1 Å². The van der Waals surface area contributed by atoms with Crippen LogP contribution in [0, 0.1) is 0 Å². The van der Waals surface area contributed by atoms with Crippen molar-refractivity contribution in [3.8, 4) is 5.88 Å². The van der Waals surface area contributed by atoms with Gasteiger partial charge in [0.05, 0.1) is 0 Å². The Kier molecular flexibility index (Phi) is 5.65. The molecule has 0 fully saturated rings. The molecule has 8 heteroatoms. The Hall–Kier alpha value is -2.61. The van der Waals surface area contributed by atoms with Crippen LogP contribution in [0.1, 0.15) is 34.8 Å². The summed E-state index contributed by atoms with van der Waals surface area (Å²) in [5, 5.41) is 2.85. The van der Waals surface area contributed by atoms with E-state index in [4.69, 9.17) is 0 Å². The maximum absolute atomic E-state index is 12.5. The maximum atomic E-state index is 12.5. The van der Waals surface area contributed by atoms with E-state index in [1.807, 2.05) is 18.2 Å². The van der Waals surface area contributed by atoms with Crippen LogP contribution in [-0.2, 0) is 13.1 Å². The summed E-state index contributed by atoms with van der Waals surface area (Å²) in [5.74, 6) is -0.663. The highest BCUT2D eigenvalue weighted by atomic mass is 19.4. The number of nitrogens with one attached hydrogen (secondary N) is 1. The summed E-state index contributed by atoms with van der Waals surface area (Å²) in [4.78, 5) is 18.6. The number of benzene rings is 1. The lowest BCUT2D eigenvalue weighted by molar-refractivity contribution is -0.154. The predicted molar refractivity (Wildman–Crippen MR) is 94.6 cm³/mol. The summed E-state index contributed by atoms with van der Waals surface area (Å²) in [6, 6.07) is 8.38. The molecule has 1 aliphatic heterocycles. The first kappa shape index (κ1) is 19.2. The summed E-state index contributed by atoms with van der Waals surface area (Å²) in [7, 11) is 0. The molecule has 0 spiro atoms. The van der Waals surface area contributed by atoms with E-state index in [1.54, 1.807) is 0 Å². The molecule has 0 saturated heterocycles. The van der Waals surface area contributed by atoms with Crippen molar-refractivity contribution in [2.45, 2.75) is 32.6 Å². The van der Waals surface area contributed by atoms with Crippen LogP contribution in [0.5, 0.6) is 5.88 Å². The van der Waals surface area contributed by atoms with Gasteiger partial charge in [0.15, 0.2) is 6.61 Å². The van der Waals surface area contributed by atoms with E-state index in [-0.39, 0.29) is 11.4 Å². The number of hydrogen-bond donors (Lipinski definition) is 1. The van der Waals surface area contributed by atoms with Crippen LogP contribution in [0.15, 0.2) is 36.5 Å². The number of hydrogen-bond acceptors (Lipinski definition) is 4. The number of halogens is 3. The minimum Gasteiger partial charge on any atom is -0.468 e. The lowest BCUT2D eigenvalue weighted by atomic mass is 10.1. The zero-order valence-corrected chi connectivity index (χ0v) is 14.8. The van der Waals surface area contributed by atoms with Gasteiger partial charge in [-0.2, -0.15) is 13.2 Å². The van der Waals surface area contributed by atoms with Crippen LogP contribution in [0.3, 0.4) is 0 Å². The van der Waals surface area contributed by atoms with Crippen molar-refractivity contribution in [1.82, 2.24) is 9.88 Å². The number of fused-ring (bicyclic) bond motifs is 1. The summed E-state index contributed by atoms with van der Waals surface area (Å²) in [5.41, 5.74) is 3.14. The van der Waals surface area contributed by atoms with Gasteiger partial charge >= 0.3 is 6.18 Å². The predicted octanol–water partition coefficient (Wildman–Crippen LogP) is 4.00. The standard InChI is InChI=1S/C19H20F3N3O2/c1-2-8-25-10-14-4-3-5-16(15(14)11-25)24-18(26)13-6-7-23-17(9-13)27-12-19(20,21)22/h3-7,9H,2,8,10-12H2,1H3,(H,24,26). The Bertz CT molecular complexity index is 824. The van der Waals surface area contributed by atoms with E-state index < -0.39 is 18.7 Å². The SMILES string of the molecule is CCCN1Cc2cccc(NC(=O)c3ccnc(OCC(F)(F)F)c3)c2C1. The van der Waals surface area contributed by atoms with Crippen LogP contribution in [0.4, 0.5) is 18.9 Å². The number of alkyl halides is 3. The van der Waals surface area contributed by atoms with Crippen molar-refractivity contribution in [2.24, 2.45) is 0 Å². The van der Waals surface area contributed by atoms with Gasteiger partial charge in [0.25, 0.3) is 5.91 Å². The summed E-state index contributed by atoms with van der Waals surface area (Å²) >= 11 is 0. The highest BCUT2D eigenvalue weighted by Gasteiger charge is 2.29. The Morgan fingerprint density at radius 3 is 2.85 bits per heavy atom. The highest BCUT2D eigenvalue weighted by Crippen LogP contribution is 2.29. The van der Waals surface area contributed by atoms with Crippen molar-refractivity contribution in [3.05, 3.63) is 53.2 Å². The second-order valence-corrected chi connectivity index (χ2v) is 6.39. The van der Waals surface area contributed by atoms with Crippen LogP contribution in [0.2, 0.25) is 0 Å². The molecule has 2 aromatic rings. The average molecular weight is 379 g/mol. The van der Waals surface area contributed by atoms with E-state index in [9.17, 15) is 18.0 Å². The Morgan fingerprint density at radius 2 is 2.11 bits per heavy atom. The Balaban J connectivity index is 1.71. The van der Waals surface area contributed by atoms with Crippen molar-refractivity contribution < 1.29 is 22.7 Å². The number of anilines is 1. The first-order chi connectivity index (χ1) is 12.9. The number of carbonyl (C=O) groups excluding carboxylic acids is 1. The molecule has 1 aromatic heterocycles. The quantitative estimate of drug-likeness (QED) is 0.824. The Labute approximate surface area is 155 Å². The molecule has 0 aliphatic carbocycles. The molecule has 3 rings (SSSR count). The van der Waals surface area contributed by atoms with Crippen molar-refractivity contribution in [3.63, 3.8) is 0 Å². The van der Waals surface area contributed by atoms with Crippen molar-refractivity contribution in [1.29, 1.82) is 0 Å². The van der Waals surface area contributed by atoms with E-state index in [0.29, 0.717) is 5.69 Å². The monoisotopic (exact) mass is 379 g/mol. The molecule has 1 aliphatic rings. The van der Waals surface area contributed by atoms with Crippen LogP contribution in [0.25, 0.3) is 0 Å². The molecule has 5 nitrogen and oxygen atoms in total. The number of carbonyl (C=O) groups is 1. The zero-order valence-electron chi connectivity index (χ0n) is 14.8. The van der Waals surface area contributed by atoms with Crippen molar-refractivity contribution >= 4 is 11.6 Å². The minimum atomic E-state index is -4.46. The minimum absolute atomic E-state index is 0.184. The van der Waals surface area contributed by atoms with E-state index >= 15 is 0 Å². The third-order valence-corrected chi connectivity index (χ3v) is 4.22. The summed E-state index contributed by atoms with van der Waals surface area (Å²) < 4.78 is 41.4. The van der Waals surface area contributed by atoms with Gasteiger partial charge in [-0.15, -0.1) is 0 Å². The highest BCUT2D eigenvalue weighted by molar-refractivity contribution is 6.04. The third-order valence-electron chi connectivity index (χ3n) is 4.22. The van der Waals surface area contributed by atoms with Gasteiger partial charge in [0.2, 0.25) is 5.88 Å².